The van der Waals surface area contributed by atoms with Gasteiger partial charge in [0.1, 0.15) is 0 Å². The van der Waals surface area contributed by atoms with E-state index in [0.717, 1.165) is 24.8 Å². The molecule has 1 aromatic heterocycles. The molecule has 1 heterocycles. The normalized spacial score (nSPS) is 11.5. The Kier molecular flexibility index (Phi) is 10.8. The summed E-state index contributed by atoms with van der Waals surface area (Å²) in [5.41, 5.74) is 3.33. The summed E-state index contributed by atoms with van der Waals surface area (Å²) >= 11 is 3.13. The van der Waals surface area contributed by atoms with Crippen LogP contribution in [-0.4, -0.2) is 24.4 Å². The van der Waals surface area contributed by atoms with Crippen LogP contribution in [0.15, 0.2) is 51.6 Å². The van der Waals surface area contributed by atoms with Gasteiger partial charge < -0.3 is 15.1 Å². The largest absolute Gasteiger partial charge is 0.444 e. The maximum atomic E-state index is 12.6. The molecule has 0 fully saturated rings. The highest BCUT2D eigenvalue weighted by molar-refractivity contribution is 9.10. The Balaban J connectivity index is 1.78. The monoisotopic (exact) mass is 493 g/mol. The van der Waals surface area contributed by atoms with Crippen molar-refractivity contribution in [2.24, 2.45) is 5.92 Å². The zero-order chi connectivity index (χ0) is 22.5. The van der Waals surface area contributed by atoms with Gasteiger partial charge in [0.2, 0.25) is 11.8 Å². The van der Waals surface area contributed by atoms with Crippen molar-refractivity contribution in [3.63, 3.8) is 0 Å². The van der Waals surface area contributed by atoms with Gasteiger partial charge in [0.15, 0.2) is 10.4 Å². The van der Waals surface area contributed by atoms with E-state index in [2.05, 4.69) is 39.0 Å². The van der Waals surface area contributed by atoms with Crippen molar-refractivity contribution in [2.75, 3.05) is 6.67 Å². The Morgan fingerprint density at radius 2 is 1.84 bits per heavy atom. The molecule has 3 amide bonds. The molecular weight excluding hydrogens is 466 g/mol. The highest BCUT2D eigenvalue weighted by Crippen LogP contribution is 2.15. The number of furan rings is 1. The van der Waals surface area contributed by atoms with Gasteiger partial charge in [-0.2, -0.15) is 0 Å². The first-order chi connectivity index (χ1) is 15.0. The number of carbonyl (C=O) groups excluding carboxylic acids is 3. The molecule has 0 bridgehead atoms. The van der Waals surface area contributed by atoms with Gasteiger partial charge in [-0.05, 0) is 40.0 Å². The molecule has 2 aromatic rings. The first-order valence-electron chi connectivity index (χ1n) is 10.3. The number of hydrogen-bond donors (Lipinski definition) is 3. The zero-order valence-corrected chi connectivity index (χ0v) is 19.1. The minimum Gasteiger partial charge on any atom is -0.444 e. The third-order valence-electron chi connectivity index (χ3n) is 4.53. The van der Waals surface area contributed by atoms with E-state index in [1.807, 2.05) is 30.3 Å². The maximum absolute atomic E-state index is 12.6. The van der Waals surface area contributed by atoms with Crippen LogP contribution in [0.25, 0.3) is 0 Å². The second kappa shape index (κ2) is 13.6. The van der Waals surface area contributed by atoms with E-state index in [1.54, 1.807) is 6.07 Å². The van der Waals surface area contributed by atoms with Crippen LogP contribution in [0.2, 0.25) is 0 Å². The molecule has 31 heavy (non-hydrogen) atoms. The molecule has 0 aliphatic carbocycles. The molecule has 0 saturated heterocycles. The minimum atomic E-state index is -0.512. The smallest absolute Gasteiger partial charge is 0.288 e. The quantitative estimate of drug-likeness (QED) is 0.224. The molecule has 2 rings (SSSR count). The molecule has 0 aliphatic heterocycles. The van der Waals surface area contributed by atoms with Gasteiger partial charge in [-0.25, -0.2) is 5.48 Å². The van der Waals surface area contributed by atoms with E-state index in [0.29, 0.717) is 11.1 Å². The van der Waals surface area contributed by atoms with Crippen LogP contribution in [0.1, 0.15) is 55.1 Å². The van der Waals surface area contributed by atoms with E-state index >= 15 is 0 Å². The van der Waals surface area contributed by atoms with Crippen LogP contribution in [-0.2, 0) is 21.0 Å². The van der Waals surface area contributed by atoms with Crippen molar-refractivity contribution >= 4 is 33.7 Å². The molecule has 1 atom stereocenters. The lowest BCUT2D eigenvalue weighted by molar-refractivity contribution is -0.139. The summed E-state index contributed by atoms with van der Waals surface area (Å²) in [6, 6.07) is 12.6. The van der Waals surface area contributed by atoms with Crippen molar-refractivity contribution in [3.8, 4) is 0 Å². The number of hydrogen-bond acceptors (Lipinski definition) is 5. The first-order valence-corrected chi connectivity index (χ1v) is 11.0. The first kappa shape index (κ1) is 24.6. The van der Waals surface area contributed by atoms with E-state index in [1.165, 1.54) is 6.07 Å². The van der Waals surface area contributed by atoms with Gasteiger partial charge in [-0.15, -0.1) is 0 Å². The third-order valence-corrected chi connectivity index (χ3v) is 4.96. The van der Waals surface area contributed by atoms with Gasteiger partial charge in [0, 0.05) is 12.3 Å². The van der Waals surface area contributed by atoms with Gasteiger partial charge in [0.05, 0.1) is 13.3 Å². The lowest BCUT2D eigenvalue weighted by Crippen LogP contribution is -2.41. The summed E-state index contributed by atoms with van der Waals surface area (Å²) in [5.74, 6) is -1.48. The number of unbranched alkanes of at least 4 members (excludes halogenated alkanes) is 2. The van der Waals surface area contributed by atoms with Crippen molar-refractivity contribution in [2.45, 2.75) is 45.6 Å². The molecule has 0 aliphatic rings. The minimum absolute atomic E-state index is 0.00339. The van der Waals surface area contributed by atoms with E-state index < -0.39 is 11.8 Å². The molecule has 1 aromatic carbocycles. The fourth-order valence-corrected chi connectivity index (χ4v) is 3.19. The summed E-state index contributed by atoms with van der Waals surface area (Å²) in [5, 5.41) is 5.22. The molecule has 0 spiro atoms. The lowest BCUT2D eigenvalue weighted by atomic mass is 9.96. The van der Waals surface area contributed by atoms with Crippen LogP contribution in [0.4, 0.5) is 0 Å². The molecule has 0 saturated carbocycles. The van der Waals surface area contributed by atoms with E-state index in [4.69, 9.17) is 9.25 Å². The van der Waals surface area contributed by atoms with Crippen LogP contribution in [0.3, 0.4) is 0 Å². The third kappa shape index (κ3) is 9.35. The molecular formula is C22H28BrN3O5. The van der Waals surface area contributed by atoms with Crippen molar-refractivity contribution in [3.05, 3.63) is 58.5 Å². The average molecular weight is 494 g/mol. The van der Waals surface area contributed by atoms with Gasteiger partial charge >= 0.3 is 0 Å². The number of hydroxylamine groups is 1. The summed E-state index contributed by atoms with van der Waals surface area (Å²) in [4.78, 5) is 42.0. The highest BCUT2D eigenvalue weighted by atomic mass is 79.9. The molecule has 9 heteroatoms. The standard InChI is InChI=1S/C22H28BrN3O5/c1-2-3-5-10-17(13-20(27)26-30-14-16-8-6-4-7-9-16)21(28)24-15-25-22(29)18-11-12-19(23)31-18/h4,6-9,11-12,17H,2-3,5,10,13-15H2,1H3,(H,24,28)(H,25,29)(H,26,27)/t17-/m1/s1. The number of nitrogens with one attached hydrogen (secondary N) is 3. The van der Waals surface area contributed by atoms with Crippen LogP contribution < -0.4 is 16.1 Å². The Bertz CT molecular complexity index is 841. The van der Waals surface area contributed by atoms with Crippen molar-refractivity contribution in [1.29, 1.82) is 0 Å². The summed E-state index contributed by atoms with van der Waals surface area (Å²) in [7, 11) is 0. The van der Waals surface area contributed by atoms with Crippen molar-refractivity contribution in [1.82, 2.24) is 16.1 Å². The van der Waals surface area contributed by atoms with Gasteiger partial charge in [-0.1, -0.05) is 56.5 Å². The maximum Gasteiger partial charge on any atom is 0.288 e. The molecule has 3 N–H and O–H groups in total. The van der Waals surface area contributed by atoms with Gasteiger partial charge in [-0.3, -0.25) is 19.2 Å². The Morgan fingerprint density at radius 3 is 2.52 bits per heavy atom. The Labute approximate surface area is 190 Å². The lowest BCUT2D eigenvalue weighted by Gasteiger charge is -2.17. The number of carbonyl (C=O) groups is 3. The predicted molar refractivity (Wildman–Crippen MR) is 119 cm³/mol. The second-order valence-corrected chi connectivity index (χ2v) is 7.81. The van der Waals surface area contributed by atoms with Crippen LogP contribution in [0, 0.1) is 5.92 Å². The number of benzene rings is 1. The predicted octanol–water partition coefficient (Wildman–Crippen LogP) is 3.68. The Morgan fingerprint density at radius 1 is 1.06 bits per heavy atom. The SMILES string of the molecule is CCCCC[C@H](CC(=O)NOCc1ccccc1)C(=O)NCNC(=O)c1ccc(Br)o1. The summed E-state index contributed by atoms with van der Waals surface area (Å²) < 4.78 is 5.61. The number of amides is 3. The molecule has 168 valence electrons. The van der Waals surface area contributed by atoms with Gasteiger partial charge in [0.25, 0.3) is 5.91 Å². The Hall–Kier alpha value is -2.65. The second-order valence-electron chi connectivity index (χ2n) is 7.02. The van der Waals surface area contributed by atoms with Crippen LogP contribution in [0.5, 0.6) is 0 Å². The van der Waals surface area contributed by atoms with E-state index in [9.17, 15) is 14.4 Å². The van der Waals surface area contributed by atoms with Crippen LogP contribution >= 0.6 is 15.9 Å². The molecule has 8 nitrogen and oxygen atoms in total. The zero-order valence-electron chi connectivity index (χ0n) is 17.5. The fraction of sp³-hybridized carbons (Fsp3) is 0.409. The van der Waals surface area contributed by atoms with Crippen molar-refractivity contribution < 1.29 is 23.6 Å². The highest BCUT2D eigenvalue weighted by Gasteiger charge is 2.22. The molecule has 0 unspecified atom stereocenters. The fourth-order valence-electron chi connectivity index (χ4n) is 2.89. The van der Waals surface area contributed by atoms with E-state index in [-0.39, 0.29) is 37.3 Å². The number of rotatable bonds is 13. The molecule has 0 radical (unpaired) electrons. The number of halogens is 1. The summed E-state index contributed by atoms with van der Waals surface area (Å²) in [6.45, 7) is 2.25. The average Bonchev–Trinajstić information content (AvgIpc) is 3.20. The summed E-state index contributed by atoms with van der Waals surface area (Å²) in [6.07, 6.45) is 3.39. The topological polar surface area (TPSA) is 110 Å².